The molecule has 0 radical (unpaired) electrons. The van der Waals surface area contributed by atoms with E-state index in [1.54, 1.807) is 6.07 Å². The third kappa shape index (κ3) is 3.88. The molecule has 0 bridgehead atoms. The first kappa shape index (κ1) is 16.1. The first-order valence-corrected chi connectivity index (χ1v) is 8.15. The topological polar surface area (TPSA) is 21.3 Å². The van der Waals surface area contributed by atoms with Gasteiger partial charge in [-0.25, -0.2) is 0 Å². The van der Waals surface area contributed by atoms with E-state index in [0.717, 1.165) is 49.4 Å². The second kappa shape index (κ2) is 7.13. The van der Waals surface area contributed by atoms with Crippen LogP contribution in [0, 0.1) is 0 Å². The molecule has 1 fully saturated rings. The van der Waals surface area contributed by atoms with Crippen molar-refractivity contribution in [1.29, 1.82) is 0 Å². The van der Waals surface area contributed by atoms with Gasteiger partial charge >= 0.3 is 0 Å². The van der Waals surface area contributed by atoms with Gasteiger partial charge in [-0.2, -0.15) is 0 Å². The van der Waals surface area contributed by atoms with Crippen molar-refractivity contribution in [2.24, 2.45) is 0 Å². The molecule has 2 rings (SSSR count). The van der Waals surface area contributed by atoms with Gasteiger partial charge in [-0.05, 0) is 43.4 Å². The molecule has 1 heterocycles. The lowest BCUT2D eigenvalue weighted by Crippen LogP contribution is -2.46. The molecule has 1 N–H and O–H groups in total. The fourth-order valence-electron chi connectivity index (χ4n) is 2.86. The highest BCUT2D eigenvalue weighted by molar-refractivity contribution is 6.35. The molecule has 0 amide bonds. The molecule has 0 spiro atoms. The molecule has 20 heavy (non-hydrogen) atoms. The molecule has 2 nitrogen and oxygen atoms in total. The number of benzene rings is 1. The Morgan fingerprint density at radius 1 is 1.30 bits per heavy atom. The van der Waals surface area contributed by atoms with Crippen molar-refractivity contribution < 1.29 is 4.74 Å². The summed E-state index contributed by atoms with van der Waals surface area (Å²) in [7, 11) is 0. The van der Waals surface area contributed by atoms with Crippen LogP contribution in [0.3, 0.4) is 0 Å². The quantitative estimate of drug-likeness (QED) is 0.841. The van der Waals surface area contributed by atoms with Crippen LogP contribution in [0.1, 0.15) is 45.1 Å². The third-order valence-corrected chi connectivity index (χ3v) is 4.96. The number of hydrogen-bond acceptors (Lipinski definition) is 2. The number of ether oxygens (including phenoxy) is 1. The molecule has 1 aliphatic heterocycles. The van der Waals surface area contributed by atoms with Gasteiger partial charge in [0.1, 0.15) is 0 Å². The van der Waals surface area contributed by atoms with E-state index in [1.807, 2.05) is 12.1 Å². The van der Waals surface area contributed by atoms with Gasteiger partial charge in [0, 0.05) is 29.2 Å². The zero-order valence-corrected chi connectivity index (χ0v) is 13.7. The van der Waals surface area contributed by atoms with Crippen molar-refractivity contribution in [3.8, 4) is 0 Å². The largest absolute Gasteiger partial charge is 0.375 e. The van der Waals surface area contributed by atoms with Gasteiger partial charge in [-0.1, -0.05) is 43.1 Å². The summed E-state index contributed by atoms with van der Waals surface area (Å²) in [5.41, 5.74) is 1.15. The third-order valence-electron chi connectivity index (χ3n) is 4.38. The van der Waals surface area contributed by atoms with E-state index in [-0.39, 0.29) is 5.60 Å². The highest BCUT2D eigenvalue weighted by atomic mass is 35.5. The van der Waals surface area contributed by atoms with Crippen LogP contribution in [0.25, 0.3) is 0 Å². The Hall–Kier alpha value is -0.280. The first-order valence-electron chi connectivity index (χ1n) is 7.40. The molecule has 1 unspecified atom stereocenters. The second-order valence-electron chi connectivity index (χ2n) is 5.54. The Bertz CT molecular complexity index is 446. The summed E-state index contributed by atoms with van der Waals surface area (Å²) in [5, 5.41) is 5.03. The van der Waals surface area contributed by atoms with Crippen LogP contribution in [0.2, 0.25) is 10.0 Å². The summed E-state index contributed by atoms with van der Waals surface area (Å²) >= 11 is 12.1. The Morgan fingerprint density at radius 3 is 2.70 bits per heavy atom. The highest BCUT2D eigenvalue weighted by Gasteiger charge is 2.34. The van der Waals surface area contributed by atoms with Crippen molar-refractivity contribution in [2.75, 3.05) is 6.61 Å². The van der Waals surface area contributed by atoms with Crippen molar-refractivity contribution in [1.82, 2.24) is 5.32 Å². The van der Waals surface area contributed by atoms with E-state index >= 15 is 0 Å². The molecular weight excluding hydrogens is 293 g/mol. The van der Waals surface area contributed by atoms with Crippen molar-refractivity contribution in [3.63, 3.8) is 0 Å². The van der Waals surface area contributed by atoms with Crippen LogP contribution in [-0.4, -0.2) is 18.2 Å². The van der Waals surface area contributed by atoms with Crippen LogP contribution >= 0.6 is 23.2 Å². The Kier molecular flexibility index (Phi) is 5.74. The minimum Gasteiger partial charge on any atom is -0.375 e. The van der Waals surface area contributed by atoms with E-state index < -0.39 is 0 Å². The van der Waals surface area contributed by atoms with Crippen LogP contribution < -0.4 is 5.32 Å². The maximum atomic E-state index is 6.21. The molecule has 1 aromatic carbocycles. The number of rotatable bonds is 5. The Morgan fingerprint density at radius 2 is 2.05 bits per heavy atom. The number of nitrogens with one attached hydrogen (secondary N) is 1. The summed E-state index contributed by atoms with van der Waals surface area (Å²) in [6, 6.07) is 6.17. The zero-order chi connectivity index (χ0) is 14.6. The van der Waals surface area contributed by atoms with Crippen LogP contribution in [-0.2, 0) is 11.3 Å². The first-order chi connectivity index (χ1) is 9.58. The maximum absolute atomic E-state index is 6.21. The van der Waals surface area contributed by atoms with Gasteiger partial charge in [0.15, 0.2) is 0 Å². The molecule has 0 aliphatic carbocycles. The van der Waals surface area contributed by atoms with E-state index in [4.69, 9.17) is 27.9 Å². The van der Waals surface area contributed by atoms with Crippen molar-refractivity contribution >= 4 is 23.2 Å². The summed E-state index contributed by atoms with van der Waals surface area (Å²) in [5.74, 6) is 0. The van der Waals surface area contributed by atoms with Crippen molar-refractivity contribution in [2.45, 2.75) is 57.7 Å². The minimum atomic E-state index is 0.0553. The van der Waals surface area contributed by atoms with Gasteiger partial charge in [-0.15, -0.1) is 0 Å². The fourth-order valence-corrected chi connectivity index (χ4v) is 3.34. The molecule has 1 aliphatic rings. The standard InChI is InChI=1S/C16H23Cl2NO/c1-3-16(4-2)10-14(7-8-20-16)19-11-12-5-6-13(17)9-15(12)18/h5-6,9,14,19H,3-4,7-8,10-11H2,1-2H3. The van der Waals surface area contributed by atoms with E-state index in [1.165, 1.54) is 0 Å². The molecule has 112 valence electrons. The van der Waals surface area contributed by atoms with Gasteiger partial charge in [-0.3, -0.25) is 0 Å². The summed E-state index contributed by atoms with van der Waals surface area (Å²) in [6.07, 6.45) is 4.28. The lowest BCUT2D eigenvalue weighted by molar-refractivity contribution is -0.0932. The summed E-state index contributed by atoms with van der Waals surface area (Å²) in [6.45, 7) is 6.04. The summed E-state index contributed by atoms with van der Waals surface area (Å²) < 4.78 is 6.00. The van der Waals surface area contributed by atoms with Crippen LogP contribution in [0.4, 0.5) is 0 Å². The monoisotopic (exact) mass is 315 g/mol. The van der Waals surface area contributed by atoms with Gasteiger partial charge in [0.25, 0.3) is 0 Å². The average Bonchev–Trinajstić information content (AvgIpc) is 2.46. The predicted molar refractivity (Wildman–Crippen MR) is 85.6 cm³/mol. The lowest BCUT2D eigenvalue weighted by atomic mass is 9.86. The van der Waals surface area contributed by atoms with Gasteiger partial charge in [0.2, 0.25) is 0 Å². The molecule has 1 aromatic rings. The summed E-state index contributed by atoms with van der Waals surface area (Å²) in [4.78, 5) is 0. The van der Waals surface area contributed by atoms with E-state index in [0.29, 0.717) is 11.1 Å². The molecular formula is C16H23Cl2NO. The lowest BCUT2D eigenvalue weighted by Gasteiger charge is -2.40. The molecule has 0 saturated carbocycles. The predicted octanol–water partition coefficient (Wildman–Crippen LogP) is 4.82. The SMILES string of the molecule is CCC1(CC)CC(NCc2ccc(Cl)cc2Cl)CCO1. The smallest absolute Gasteiger partial charge is 0.0692 e. The van der Waals surface area contributed by atoms with E-state index in [9.17, 15) is 0 Å². The normalized spacial score (nSPS) is 21.9. The van der Waals surface area contributed by atoms with Crippen molar-refractivity contribution in [3.05, 3.63) is 33.8 Å². The zero-order valence-electron chi connectivity index (χ0n) is 12.2. The number of hydrogen-bond donors (Lipinski definition) is 1. The van der Waals surface area contributed by atoms with Gasteiger partial charge in [0.05, 0.1) is 5.60 Å². The molecule has 0 aromatic heterocycles. The highest BCUT2D eigenvalue weighted by Crippen LogP contribution is 2.31. The Labute approximate surface area is 131 Å². The maximum Gasteiger partial charge on any atom is 0.0692 e. The number of halogens is 2. The average molecular weight is 316 g/mol. The molecule has 1 saturated heterocycles. The molecule has 1 atom stereocenters. The van der Waals surface area contributed by atoms with Crippen LogP contribution in [0.5, 0.6) is 0 Å². The molecule has 4 heteroatoms. The fraction of sp³-hybridized carbons (Fsp3) is 0.625. The minimum absolute atomic E-state index is 0.0553. The van der Waals surface area contributed by atoms with E-state index in [2.05, 4.69) is 19.2 Å². The Balaban J connectivity index is 1.93. The van der Waals surface area contributed by atoms with Gasteiger partial charge < -0.3 is 10.1 Å². The second-order valence-corrected chi connectivity index (χ2v) is 6.39. The van der Waals surface area contributed by atoms with Crippen LogP contribution in [0.15, 0.2) is 18.2 Å².